The molecule has 3 aliphatic rings. The Kier molecular flexibility index (Phi) is 5.87. The van der Waals surface area contributed by atoms with Gasteiger partial charge in [-0.05, 0) is 63.8 Å². The van der Waals surface area contributed by atoms with Crippen molar-refractivity contribution in [2.75, 3.05) is 13.1 Å². The first-order valence-electron chi connectivity index (χ1n) is 9.05. The molecule has 7 heteroatoms. The van der Waals surface area contributed by atoms with Gasteiger partial charge in [0.1, 0.15) is 6.23 Å². The third kappa shape index (κ3) is 4.64. The largest absolute Gasteiger partial charge is 0.356 e. The van der Waals surface area contributed by atoms with Crippen LogP contribution < -0.4 is 27.2 Å². The van der Waals surface area contributed by atoms with Crippen LogP contribution in [0, 0.1) is 17.8 Å². The van der Waals surface area contributed by atoms with Gasteiger partial charge in [0.15, 0.2) is 0 Å². The number of hydrogen-bond acceptors (Lipinski definition) is 6. The summed E-state index contributed by atoms with van der Waals surface area (Å²) in [6.07, 6.45) is 6.67. The van der Waals surface area contributed by atoms with Crippen molar-refractivity contribution in [3.05, 3.63) is 0 Å². The summed E-state index contributed by atoms with van der Waals surface area (Å²) in [5, 5.41) is 9.75. The van der Waals surface area contributed by atoms with Gasteiger partial charge < -0.3 is 16.4 Å². The summed E-state index contributed by atoms with van der Waals surface area (Å²) in [6.45, 7) is 3.66. The summed E-state index contributed by atoms with van der Waals surface area (Å²) in [5.41, 5.74) is 8.96. The van der Waals surface area contributed by atoms with Crippen molar-refractivity contribution in [2.24, 2.45) is 23.5 Å². The van der Waals surface area contributed by atoms with E-state index in [0.29, 0.717) is 11.8 Å². The minimum Gasteiger partial charge on any atom is -0.356 e. The lowest BCUT2D eigenvalue weighted by Gasteiger charge is -2.32. The average molecular weight is 325 g/mol. The lowest BCUT2D eigenvalue weighted by Crippen LogP contribution is -2.48. The lowest BCUT2D eigenvalue weighted by molar-refractivity contribution is -0.126. The van der Waals surface area contributed by atoms with Gasteiger partial charge in [-0.25, -0.2) is 0 Å². The van der Waals surface area contributed by atoms with E-state index in [9.17, 15) is 4.79 Å². The van der Waals surface area contributed by atoms with E-state index >= 15 is 0 Å². The minimum atomic E-state index is -0.0361. The van der Waals surface area contributed by atoms with E-state index in [1.807, 2.05) is 6.92 Å². The van der Waals surface area contributed by atoms with Crippen LogP contribution in [0.5, 0.6) is 0 Å². The summed E-state index contributed by atoms with van der Waals surface area (Å²) in [5.74, 6) is 1.48. The normalized spacial score (nSPS) is 41.7. The smallest absolute Gasteiger partial charge is 0.223 e. The Balaban J connectivity index is 1.35. The van der Waals surface area contributed by atoms with Gasteiger partial charge >= 0.3 is 0 Å². The lowest BCUT2D eigenvalue weighted by atomic mass is 9.80. The van der Waals surface area contributed by atoms with Crippen LogP contribution in [0.1, 0.15) is 45.4 Å². The maximum absolute atomic E-state index is 12.3. The highest BCUT2D eigenvalue weighted by Crippen LogP contribution is 2.31. The second kappa shape index (κ2) is 7.90. The second-order valence-electron chi connectivity index (χ2n) is 7.33. The number of nitrogens with two attached hydrogens (primary N) is 1. The summed E-state index contributed by atoms with van der Waals surface area (Å²) < 4.78 is 0. The van der Waals surface area contributed by atoms with E-state index in [4.69, 9.17) is 10.6 Å². The van der Waals surface area contributed by atoms with Gasteiger partial charge in [0.05, 0.1) is 12.3 Å². The first kappa shape index (κ1) is 17.1. The van der Waals surface area contributed by atoms with Crippen LogP contribution in [0.15, 0.2) is 0 Å². The van der Waals surface area contributed by atoms with Crippen LogP contribution in [-0.2, 0) is 9.63 Å². The molecular formula is C16H31N5O2. The minimum absolute atomic E-state index is 0.0361. The van der Waals surface area contributed by atoms with E-state index in [0.717, 1.165) is 25.9 Å². The van der Waals surface area contributed by atoms with E-state index in [2.05, 4.69) is 21.4 Å². The molecule has 0 spiro atoms. The maximum Gasteiger partial charge on any atom is 0.223 e. The molecule has 6 N–H and O–H groups in total. The van der Waals surface area contributed by atoms with Crippen LogP contribution in [0.3, 0.4) is 0 Å². The fourth-order valence-corrected chi connectivity index (χ4v) is 4.03. The molecule has 0 aromatic carbocycles. The molecule has 3 fully saturated rings. The van der Waals surface area contributed by atoms with E-state index in [1.165, 1.54) is 25.7 Å². The molecule has 1 amide bonds. The standard InChI is InChI=1S/C16H31N5O2/c1-10-20-15(21-23-10)12-4-2-11(3-5-12)9-19-16(22)13-6-7-18-14(17)8-13/h10-15,18,20-21H,2-9,17H2,1H3,(H,19,22). The van der Waals surface area contributed by atoms with Gasteiger partial charge in [-0.15, -0.1) is 0 Å². The molecule has 4 unspecified atom stereocenters. The molecular weight excluding hydrogens is 294 g/mol. The van der Waals surface area contributed by atoms with Crippen LogP contribution in [-0.4, -0.2) is 37.6 Å². The molecule has 2 heterocycles. The van der Waals surface area contributed by atoms with Crippen molar-refractivity contribution in [2.45, 2.75) is 64.0 Å². The fourth-order valence-electron chi connectivity index (χ4n) is 4.03. The number of hydroxylamine groups is 1. The summed E-state index contributed by atoms with van der Waals surface area (Å²) in [4.78, 5) is 17.6. The van der Waals surface area contributed by atoms with Gasteiger partial charge in [-0.3, -0.25) is 14.9 Å². The van der Waals surface area contributed by atoms with Gasteiger partial charge in [0, 0.05) is 12.5 Å². The number of hydrogen-bond donors (Lipinski definition) is 5. The predicted octanol–water partition coefficient (Wildman–Crippen LogP) is -0.0101. The van der Waals surface area contributed by atoms with E-state index in [1.54, 1.807) is 0 Å². The predicted molar refractivity (Wildman–Crippen MR) is 87.8 cm³/mol. The first-order chi connectivity index (χ1) is 11.1. The van der Waals surface area contributed by atoms with Crippen LogP contribution >= 0.6 is 0 Å². The summed E-state index contributed by atoms with van der Waals surface area (Å²) in [6, 6.07) is 0. The maximum atomic E-state index is 12.3. The Labute approximate surface area is 138 Å². The number of carbonyl (C=O) groups is 1. The number of amides is 1. The Morgan fingerprint density at radius 2 is 2.04 bits per heavy atom. The second-order valence-corrected chi connectivity index (χ2v) is 7.33. The molecule has 0 aromatic heterocycles. The van der Waals surface area contributed by atoms with Gasteiger partial charge in [-0.1, -0.05) is 0 Å². The van der Waals surface area contributed by atoms with Gasteiger partial charge in [0.25, 0.3) is 0 Å². The highest BCUT2D eigenvalue weighted by molar-refractivity contribution is 5.78. The zero-order valence-electron chi connectivity index (χ0n) is 14.0. The average Bonchev–Trinajstić information content (AvgIpc) is 2.99. The fraction of sp³-hybridized carbons (Fsp3) is 0.938. The third-order valence-electron chi connectivity index (χ3n) is 5.52. The Bertz CT molecular complexity index is 400. The third-order valence-corrected chi connectivity index (χ3v) is 5.52. The highest BCUT2D eigenvalue weighted by atomic mass is 16.7. The molecule has 1 saturated carbocycles. The number of rotatable bonds is 4. The number of nitrogens with one attached hydrogen (secondary N) is 4. The van der Waals surface area contributed by atoms with Gasteiger partial charge in [0.2, 0.25) is 5.91 Å². The molecule has 2 saturated heterocycles. The molecule has 3 rings (SSSR count). The molecule has 1 aliphatic carbocycles. The molecule has 0 bridgehead atoms. The van der Waals surface area contributed by atoms with Crippen molar-refractivity contribution in [3.8, 4) is 0 Å². The topological polar surface area (TPSA) is 100 Å². The van der Waals surface area contributed by atoms with Crippen molar-refractivity contribution in [1.29, 1.82) is 0 Å². The molecule has 132 valence electrons. The Morgan fingerprint density at radius 3 is 2.70 bits per heavy atom. The molecule has 4 atom stereocenters. The molecule has 0 aromatic rings. The van der Waals surface area contributed by atoms with Crippen LogP contribution in [0.25, 0.3) is 0 Å². The van der Waals surface area contributed by atoms with E-state index in [-0.39, 0.29) is 30.4 Å². The quantitative estimate of drug-likeness (QED) is 0.498. The van der Waals surface area contributed by atoms with Crippen molar-refractivity contribution in [3.63, 3.8) is 0 Å². The van der Waals surface area contributed by atoms with Crippen LogP contribution in [0.2, 0.25) is 0 Å². The molecule has 23 heavy (non-hydrogen) atoms. The van der Waals surface area contributed by atoms with Crippen molar-refractivity contribution in [1.82, 2.24) is 21.4 Å². The summed E-state index contributed by atoms with van der Waals surface area (Å²) >= 11 is 0. The van der Waals surface area contributed by atoms with Crippen molar-refractivity contribution < 1.29 is 9.63 Å². The molecule has 0 radical (unpaired) electrons. The number of carbonyl (C=O) groups excluding carboxylic acids is 1. The summed E-state index contributed by atoms with van der Waals surface area (Å²) in [7, 11) is 0. The van der Waals surface area contributed by atoms with Gasteiger partial charge in [-0.2, -0.15) is 5.48 Å². The highest BCUT2D eigenvalue weighted by Gasteiger charge is 2.32. The van der Waals surface area contributed by atoms with Crippen molar-refractivity contribution >= 4 is 5.91 Å². The number of piperidine rings is 1. The SMILES string of the molecule is CC1NC(C2CCC(CNC(=O)C3CCNC(N)C3)CC2)NO1. The van der Waals surface area contributed by atoms with E-state index < -0.39 is 0 Å². The Hall–Kier alpha value is -0.730. The monoisotopic (exact) mass is 325 g/mol. The zero-order chi connectivity index (χ0) is 16.2. The zero-order valence-corrected chi connectivity index (χ0v) is 14.0. The van der Waals surface area contributed by atoms with Crippen LogP contribution in [0.4, 0.5) is 0 Å². The first-order valence-corrected chi connectivity index (χ1v) is 9.05. The molecule has 2 aliphatic heterocycles. The molecule has 7 nitrogen and oxygen atoms in total. The Morgan fingerprint density at radius 1 is 1.26 bits per heavy atom.